The minimum atomic E-state index is -0.118. The molecule has 0 fully saturated rings. The Bertz CT molecular complexity index is 674. The molecule has 3 N–H and O–H groups in total. The van der Waals surface area contributed by atoms with Gasteiger partial charge in [0.1, 0.15) is 5.75 Å². The van der Waals surface area contributed by atoms with Crippen LogP contribution >= 0.6 is 12.4 Å². The molecule has 24 heavy (non-hydrogen) atoms. The number of hydrogen-bond acceptors (Lipinski definition) is 3. The van der Waals surface area contributed by atoms with E-state index in [0.717, 1.165) is 36.3 Å². The molecule has 0 aliphatic rings. The van der Waals surface area contributed by atoms with Crippen molar-refractivity contribution >= 4 is 24.0 Å². The number of aryl methyl sites for hydroxylation is 1. The van der Waals surface area contributed by atoms with Gasteiger partial charge in [-0.2, -0.15) is 0 Å². The van der Waals surface area contributed by atoms with Crippen LogP contribution in [0.3, 0.4) is 0 Å². The second-order valence-corrected chi connectivity index (χ2v) is 5.61. The van der Waals surface area contributed by atoms with Crippen LogP contribution in [0.1, 0.15) is 41.3 Å². The maximum atomic E-state index is 12.3. The first-order chi connectivity index (χ1) is 11.1. The van der Waals surface area contributed by atoms with Gasteiger partial charge in [-0.15, -0.1) is 12.4 Å². The highest BCUT2D eigenvalue weighted by Gasteiger charge is 2.09. The quantitative estimate of drug-likeness (QED) is 0.584. The number of halogens is 1. The highest BCUT2D eigenvalue weighted by molar-refractivity contribution is 5.96. The van der Waals surface area contributed by atoms with E-state index >= 15 is 0 Å². The summed E-state index contributed by atoms with van der Waals surface area (Å²) in [6.07, 6.45) is 2.14. The number of anilines is 1. The number of rotatable bonds is 7. The highest BCUT2D eigenvalue weighted by atomic mass is 35.5. The number of amides is 1. The number of hydrogen-bond donors (Lipinski definition) is 2. The van der Waals surface area contributed by atoms with Gasteiger partial charge < -0.3 is 15.8 Å². The van der Waals surface area contributed by atoms with Gasteiger partial charge in [0, 0.05) is 17.8 Å². The third-order valence-corrected chi connectivity index (χ3v) is 3.62. The predicted molar refractivity (Wildman–Crippen MR) is 101 cm³/mol. The fraction of sp³-hybridized carbons (Fsp3) is 0.316. The molecule has 0 heterocycles. The van der Waals surface area contributed by atoms with Crippen LogP contribution in [0.4, 0.5) is 5.69 Å². The van der Waals surface area contributed by atoms with Crippen molar-refractivity contribution in [1.29, 1.82) is 0 Å². The molecule has 0 bridgehead atoms. The lowest BCUT2D eigenvalue weighted by Crippen LogP contribution is -2.23. The minimum absolute atomic E-state index is 0. The number of carbonyl (C=O) groups is 1. The summed E-state index contributed by atoms with van der Waals surface area (Å²) in [6, 6.07) is 13.2. The maximum Gasteiger partial charge on any atom is 0.251 e. The summed E-state index contributed by atoms with van der Waals surface area (Å²) in [5.41, 5.74) is 8.87. The van der Waals surface area contributed by atoms with Gasteiger partial charge in [0.25, 0.3) is 5.91 Å². The minimum Gasteiger partial charge on any atom is -0.494 e. The van der Waals surface area contributed by atoms with Gasteiger partial charge in [-0.05, 0) is 48.7 Å². The normalized spacial score (nSPS) is 9.92. The van der Waals surface area contributed by atoms with E-state index in [1.165, 1.54) is 0 Å². The van der Waals surface area contributed by atoms with E-state index in [2.05, 4.69) is 12.2 Å². The van der Waals surface area contributed by atoms with E-state index in [1.807, 2.05) is 37.3 Å². The first-order valence-electron chi connectivity index (χ1n) is 7.96. The van der Waals surface area contributed by atoms with Crippen molar-refractivity contribution in [3.63, 3.8) is 0 Å². The molecule has 0 unspecified atom stereocenters. The lowest BCUT2D eigenvalue weighted by molar-refractivity contribution is 0.0950. The zero-order chi connectivity index (χ0) is 16.7. The number of benzene rings is 2. The number of unbranched alkanes of at least 4 members (excludes halogenated alkanes) is 1. The number of carbonyl (C=O) groups excluding carboxylic acids is 1. The second-order valence-electron chi connectivity index (χ2n) is 5.61. The fourth-order valence-electron chi connectivity index (χ4n) is 2.24. The van der Waals surface area contributed by atoms with Crippen LogP contribution in [0.15, 0.2) is 42.5 Å². The van der Waals surface area contributed by atoms with Gasteiger partial charge in [0.05, 0.1) is 6.61 Å². The number of nitrogens with one attached hydrogen (secondary N) is 1. The summed E-state index contributed by atoms with van der Waals surface area (Å²) in [4.78, 5) is 12.3. The molecule has 0 aromatic heterocycles. The van der Waals surface area contributed by atoms with E-state index < -0.39 is 0 Å². The largest absolute Gasteiger partial charge is 0.494 e. The van der Waals surface area contributed by atoms with Crippen molar-refractivity contribution in [3.8, 4) is 5.75 Å². The first kappa shape index (κ1) is 19.8. The summed E-state index contributed by atoms with van der Waals surface area (Å²) in [6.45, 7) is 5.21. The summed E-state index contributed by atoms with van der Waals surface area (Å²) in [5.74, 6) is 0.720. The Hall–Kier alpha value is -2.20. The maximum absolute atomic E-state index is 12.3. The van der Waals surface area contributed by atoms with Crippen molar-refractivity contribution in [2.75, 3.05) is 12.3 Å². The Kier molecular flexibility index (Phi) is 8.13. The monoisotopic (exact) mass is 348 g/mol. The number of ether oxygens (including phenoxy) is 1. The summed E-state index contributed by atoms with van der Waals surface area (Å²) in [5, 5.41) is 2.93. The van der Waals surface area contributed by atoms with E-state index in [-0.39, 0.29) is 18.3 Å². The topological polar surface area (TPSA) is 64.3 Å². The Morgan fingerprint density at radius 2 is 2.00 bits per heavy atom. The molecule has 2 aromatic rings. The average Bonchev–Trinajstić information content (AvgIpc) is 2.55. The second kappa shape index (κ2) is 9.83. The predicted octanol–water partition coefficient (Wildman–Crippen LogP) is 4.11. The molecule has 130 valence electrons. The van der Waals surface area contributed by atoms with Gasteiger partial charge in [-0.1, -0.05) is 31.5 Å². The molecule has 0 saturated heterocycles. The number of nitrogen functional groups attached to an aromatic ring is 1. The van der Waals surface area contributed by atoms with E-state index in [1.54, 1.807) is 12.1 Å². The standard InChI is InChI=1S/C19H24N2O2.ClH/c1-3-4-10-23-17-7-5-6-15(11-17)13-21-19(22)18-12-16(20)9-8-14(18)2;/h5-9,11-12H,3-4,10,13,20H2,1-2H3,(H,21,22);1H. The zero-order valence-corrected chi connectivity index (χ0v) is 15.0. The van der Waals surface area contributed by atoms with Crippen LogP contribution < -0.4 is 15.8 Å². The van der Waals surface area contributed by atoms with Crippen LogP contribution in [-0.2, 0) is 6.54 Å². The van der Waals surface area contributed by atoms with E-state index in [0.29, 0.717) is 17.8 Å². The Morgan fingerprint density at radius 1 is 1.21 bits per heavy atom. The highest BCUT2D eigenvalue weighted by Crippen LogP contribution is 2.15. The summed E-state index contributed by atoms with van der Waals surface area (Å²) < 4.78 is 5.68. The van der Waals surface area contributed by atoms with E-state index in [9.17, 15) is 4.79 Å². The third-order valence-electron chi connectivity index (χ3n) is 3.62. The molecule has 1 amide bonds. The SMILES string of the molecule is CCCCOc1cccc(CNC(=O)c2cc(N)ccc2C)c1.Cl. The molecule has 0 atom stereocenters. The van der Waals surface area contributed by atoms with E-state index in [4.69, 9.17) is 10.5 Å². The van der Waals surface area contributed by atoms with Crippen LogP contribution in [-0.4, -0.2) is 12.5 Å². The molecule has 4 nitrogen and oxygen atoms in total. The van der Waals surface area contributed by atoms with Gasteiger partial charge >= 0.3 is 0 Å². The molecule has 0 radical (unpaired) electrons. The Morgan fingerprint density at radius 3 is 2.75 bits per heavy atom. The van der Waals surface area contributed by atoms with Gasteiger partial charge in [-0.3, -0.25) is 4.79 Å². The van der Waals surface area contributed by atoms with Crippen LogP contribution in [0.2, 0.25) is 0 Å². The van der Waals surface area contributed by atoms with Crippen molar-refractivity contribution in [1.82, 2.24) is 5.32 Å². The number of nitrogens with two attached hydrogens (primary N) is 1. The Labute approximate surface area is 149 Å². The van der Waals surface area contributed by atoms with Gasteiger partial charge in [-0.25, -0.2) is 0 Å². The molecule has 2 rings (SSSR count). The van der Waals surface area contributed by atoms with Crippen LogP contribution in [0.25, 0.3) is 0 Å². The van der Waals surface area contributed by atoms with Crippen LogP contribution in [0, 0.1) is 6.92 Å². The molecule has 2 aromatic carbocycles. The molecule has 0 aliphatic carbocycles. The summed E-state index contributed by atoms with van der Waals surface area (Å²) >= 11 is 0. The van der Waals surface area contributed by atoms with Gasteiger partial charge in [0.2, 0.25) is 0 Å². The van der Waals surface area contributed by atoms with Gasteiger partial charge in [0.15, 0.2) is 0 Å². The molecule has 0 aliphatic heterocycles. The molecule has 0 saturated carbocycles. The molecule has 0 spiro atoms. The molecule has 5 heteroatoms. The fourth-order valence-corrected chi connectivity index (χ4v) is 2.24. The average molecular weight is 349 g/mol. The van der Waals surface area contributed by atoms with Crippen LogP contribution in [0.5, 0.6) is 5.75 Å². The Balaban J connectivity index is 0.00000288. The third kappa shape index (κ3) is 5.78. The molecular formula is C19H25ClN2O2. The van der Waals surface area contributed by atoms with Crippen molar-refractivity contribution < 1.29 is 9.53 Å². The zero-order valence-electron chi connectivity index (χ0n) is 14.2. The lowest BCUT2D eigenvalue weighted by Gasteiger charge is -2.10. The van der Waals surface area contributed by atoms with Crippen molar-refractivity contribution in [2.45, 2.75) is 33.2 Å². The van der Waals surface area contributed by atoms with Crippen molar-refractivity contribution in [3.05, 3.63) is 59.2 Å². The smallest absolute Gasteiger partial charge is 0.251 e. The first-order valence-corrected chi connectivity index (χ1v) is 7.96. The lowest BCUT2D eigenvalue weighted by atomic mass is 10.1. The molecular weight excluding hydrogens is 324 g/mol. The summed E-state index contributed by atoms with van der Waals surface area (Å²) in [7, 11) is 0. The van der Waals surface area contributed by atoms with Crippen molar-refractivity contribution in [2.24, 2.45) is 0 Å².